The van der Waals surface area contributed by atoms with Crippen molar-refractivity contribution in [3.63, 3.8) is 0 Å². The maximum atomic E-state index is 9.42. The highest BCUT2D eigenvalue weighted by molar-refractivity contribution is 5.80. The smallest absolute Gasteiger partial charge is 0.116 e. The Balaban J connectivity index is 1.70. The Morgan fingerprint density at radius 2 is 2.06 bits per heavy atom. The van der Waals surface area contributed by atoms with E-state index in [4.69, 9.17) is 4.74 Å². The van der Waals surface area contributed by atoms with Crippen molar-refractivity contribution in [2.45, 2.75) is 6.54 Å². The van der Waals surface area contributed by atoms with Crippen LogP contribution in [0.1, 0.15) is 0 Å². The van der Waals surface area contributed by atoms with Gasteiger partial charge in [0.05, 0.1) is 13.2 Å². The molecular formula is C14H17N2O2. The van der Waals surface area contributed by atoms with E-state index in [0.29, 0.717) is 5.75 Å². The Morgan fingerprint density at radius 1 is 1.22 bits per heavy atom. The molecule has 1 aliphatic rings. The van der Waals surface area contributed by atoms with E-state index in [9.17, 15) is 5.11 Å². The van der Waals surface area contributed by atoms with Gasteiger partial charge in [0.15, 0.2) is 0 Å². The molecular weight excluding hydrogens is 228 g/mol. The first kappa shape index (κ1) is 11.6. The van der Waals surface area contributed by atoms with E-state index >= 15 is 0 Å². The largest absolute Gasteiger partial charge is 0.508 e. The van der Waals surface area contributed by atoms with E-state index in [2.05, 4.69) is 15.5 Å². The van der Waals surface area contributed by atoms with E-state index in [-0.39, 0.29) is 0 Å². The number of morpholine rings is 1. The van der Waals surface area contributed by atoms with Crippen LogP contribution in [0.15, 0.2) is 24.4 Å². The lowest BCUT2D eigenvalue weighted by Crippen LogP contribution is -2.38. The minimum absolute atomic E-state index is 0.296. The number of ether oxygens (including phenoxy) is 1. The molecule has 1 aromatic carbocycles. The first-order chi connectivity index (χ1) is 8.83. The lowest BCUT2D eigenvalue weighted by atomic mass is 10.2. The minimum atomic E-state index is 0.296. The molecule has 0 amide bonds. The van der Waals surface area contributed by atoms with Crippen molar-refractivity contribution < 1.29 is 9.84 Å². The molecule has 0 atom stereocenters. The second-order valence-corrected chi connectivity index (χ2v) is 4.62. The lowest BCUT2D eigenvalue weighted by Gasteiger charge is -2.26. The van der Waals surface area contributed by atoms with Crippen LogP contribution in [0.3, 0.4) is 0 Å². The number of phenolic OH excluding ortho intramolecular Hbond substituents is 1. The van der Waals surface area contributed by atoms with Crippen LogP contribution in [-0.2, 0) is 11.3 Å². The monoisotopic (exact) mass is 245 g/mol. The third kappa shape index (κ3) is 2.35. The number of nitrogens with zero attached hydrogens (tertiary/aromatic N) is 2. The summed E-state index contributed by atoms with van der Waals surface area (Å²) in [6.45, 7) is 5.69. The van der Waals surface area contributed by atoms with Gasteiger partial charge < -0.3 is 14.4 Å². The van der Waals surface area contributed by atoms with Gasteiger partial charge >= 0.3 is 0 Å². The third-order valence-electron chi connectivity index (χ3n) is 3.43. The molecule has 18 heavy (non-hydrogen) atoms. The SMILES string of the molecule is Oc1ccc2c([c]cn2CCN2CCOCC2)c1. The molecule has 2 heterocycles. The van der Waals surface area contributed by atoms with Crippen molar-refractivity contribution in [2.75, 3.05) is 32.8 Å². The Hall–Kier alpha value is -1.52. The zero-order valence-electron chi connectivity index (χ0n) is 10.3. The molecule has 1 aliphatic heterocycles. The van der Waals surface area contributed by atoms with Crippen LogP contribution in [0.5, 0.6) is 5.75 Å². The van der Waals surface area contributed by atoms with Crippen molar-refractivity contribution in [1.82, 2.24) is 9.47 Å². The van der Waals surface area contributed by atoms with Crippen molar-refractivity contribution in [1.29, 1.82) is 0 Å². The van der Waals surface area contributed by atoms with Gasteiger partial charge in [-0.2, -0.15) is 0 Å². The third-order valence-corrected chi connectivity index (χ3v) is 3.43. The normalized spacial score (nSPS) is 17.3. The summed E-state index contributed by atoms with van der Waals surface area (Å²) in [5.74, 6) is 0.296. The summed E-state index contributed by atoms with van der Waals surface area (Å²) < 4.78 is 7.52. The van der Waals surface area contributed by atoms with E-state index in [1.165, 1.54) is 0 Å². The Kier molecular flexibility index (Phi) is 3.21. The van der Waals surface area contributed by atoms with Crippen LogP contribution in [-0.4, -0.2) is 47.4 Å². The number of benzene rings is 1. The molecule has 1 radical (unpaired) electrons. The number of phenols is 1. The molecule has 2 aromatic rings. The average molecular weight is 245 g/mol. The van der Waals surface area contributed by atoms with E-state index in [1.807, 2.05) is 12.3 Å². The number of hydrogen-bond acceptors (Lipinski definition) is 3. The van der Waals surface area contributed by atoms with Gasteiger partial charge in [0.1, 0.15) is 5.75 Å². The van der Waals surface area contributed by atoms with Crippen LogP contribution in [0, 0.1) is 6.07 Å². The highest BCUT2D eigenvalue weighted by Crippen LogP contribution is 2.20. The first-order valence-corrected chi connectivity index (χ1v) is 6.32. The summed E-state index contributed by atoms with van der Waals surface area (Å²) in [5.41, 5.74) is 1.13. The topological polar surface area (TPSA) is 37.6 Å². The predicted octanol–water partition coefficient (Wildman–Crippen LogP) is 1.48. The molecule has 1 aromatic heterocycles. The summed E-state index contributed by atoms with van der Waals surface area (Å²) in [4.78, 5) is 2.41. The van der Waals surface area contributed by atoms with Crippen LogP contribution in [0.25, 0.3) is 10.9 Å². The Morgan fingerprint density at radius 3 is 2.89 bits per heavy atom. The summed E-state index contributed by atoms with van der Waals surface area (Å²) >= 11 is 0. The average Bonchev–Trinajstić information content (AvgIpc) is 2.80. The molecule has 0 saturated carbocycles. The fourth-order valence-electron chi connectivity index (χ4n) is 2.37. The minimum Gasteiger partial charge on any atom is -0.508 e. The highest BCUT2D eigenvalue weighted by atomic mass is 16.5. The van der Waals surface area contributed by atoms with Crippen molar-refractivity contribution in [3.05, 3.63) is 30.5 Å². The Bertz CT molecular complexity index is 530. The number of rotatable bonds is 3. The molecule has 95 valence electrons. The van der Waals surface area contributed by atoms with E-state index < -0.39 is 0 Å². The summed E-state index contributed by atoms with van der Waals surface area (Å²) in [7, 11) is 0. The van der Waals surface area contributed by atoms with Gasteiger partial charge in [0.2, 0.25) is 0 Å². The summed E-state index contributed by atoms with van der Waals surface area (Å²) in [5, 5.41) is 10.4. The maximum Gasteiger partial charge on any atom is 0.116 e. The zero-order chi connectivity index (χ0) is 12.4. The fourth-order valence-corrected chi connectivity index (χ4v) is 2.37. The molecule has 3 rings (SSSR count). The number of fused-ring (bicyclic) bond motifs is 1. The predicted molar refractivity (Wildman–Crippen MR) is 69.7 cm³/mol. The molecule has 0 spiro atoms. The van der Waals surface area contributed by atoms with Crippen LogP contribution in [0.4, 0.5) is 0 Å². The lowest BCUT2D eigenvalue weighted by molar-refractivity contribution is 0.0365. The number of aromatic nitrogens is 1. The molecule has 4 heteroatoms. The fraction of sp³-hybridized carbons (Fsp3) is 0.429. The van der Waals surface area contributed by atoms with E-state index in [1.54, 1.807) is 12.1 Å². The summed E-state index contributed by atoms with van der Waals surface area (Å²) in [6.07, 6.45) is 1.96. The molecule has 0 unspecified atom stereocenters. The molecule has 1 fully saturated rings. The molecule has 0 bridgehead atoms. The van der Waals surface area contributed by atoms with Crippen molar-refractivity contribution >= 4 is 10.9 Å². The maximum absolute atomic E-state index is 9.42. The number of aromatic hydroxyl groups is 1. The van der Waals surface area contributed by atoms with Gasteiger partial charge in [-0.25, -0.2) is 0 Å². The Labute approximate surface area is 106 Å². The summed E-state index contributed by atoms with van der Waals surface area (Å²) in [6, 6.07) is 8.60. The highest BCUT2D eigenvalue weighted by Gasteiger charge is 2.10. The van der Waals surface area contributed by atoms with E-state index in [0.717, 1.165) is 50.3 Å². The molecule has 0 aliphatic carbocycles. The first-order valence-electron chi connectivity index (χ1n) is 6.32. The van der Waals surface area contributed by atoms with Crippen LogP contribution in [0.2, 0.25) is 0 Å². The van der Waals surface area contributed by atoms with Gasteiger partial charge in [0.25, 0.3) is 0 Å². The molecule has 1 saturated heterocycles. The van der Waals surface area contributed by atoms with Crippen molar-refractivity contribution in [3.8, 4) is 5.75 Å². The van der Waals surface area contributed by atoms with Gasteiger partial charge in [0, 0.05) is 49.3 Å². The number of hydrogen-bond donors (Lipinski definition) is 1. The van der Waals surface area contributed by atoms with Gasteiger partial charge in [-0.15, -0.1) is 0 Å². The second kappa shape index (κ2) is 5.00. The van der Waals surface area contributed by atoms with Gasteiger partial charge in [-0.1, -0.05) is 0 Å². The standard InChI is InChI=1S/C14H17N2O2/c17-13-1-2-14-12(11-13)3-4-16(14)6-5-15-7-9-18-10-8-15/h1-2,4,11,17H,5-10H2. The quantitative estimate of drug-likeness (QED) is 0.890. The molecule has 1 N–H and O–H groups in total. The van der Waals surface area contributed by atoms with Gasteiger partial charge in [-0.3, -0.25) is 4.90 Å². The zero-order valence-corrected chi connectivity index (χ0v) is 10.3. The van der Waals surface area contributed by atoms with Gasteiger partial charge in [-0.05, 0) is 18.2 Å². The second-order valence-electron chi connectivity index (χ2n) is 4.62. The van der Waals surface area contributed by atoms with Crippen molar-refractivity contribution in [2.24, 2.45) is 0 Å². The molecule has 4 nitrogen and oxygen atoms in total. The van der Waals surface area contributed by atoms with Crippen LogP contribution >= 0.6 is 0 Å². The van der Waals surface area contributed by atoms with Crippen LogP contribution < -0.4 is 0 Å².